The molecule has 1 heterocycles. The van der Waals surface area contributed by atoms with Crippen LogP contribution < -0.4 is 15.4 Å². The van der Waals surface area contributed by atoms with E-state index < -0.39 is 0 Å². The molecule has 1 aromatic carbocycles. The van der Waals surface area contributed by atoms with E-state index in [0.717, 1.165) is 48.5 Å². The smallest absolute Gasteiger partial charge is 0.191 e. The summed E-state index contributed by atoms with van der Waals surface area (Å²) in [5.41, 5.74) is 1.13. The van der Waals surface area contributed by atoms with Crippen molar-refractivity contribution >= 4 is 17.3 Å². The Balaban J connectivity index is 1.90. The number of hydrogen-bond acceptors (Lipinski definition) is 5. The molecule has 0 saturated heterocycles. The minimum Gasteiger partial charge on any atom is -0.497 e. The number of methoxy groups -OCH3 is 1. The Bertz CT molecular complexity index is 670. The highest BCUT2D eigenvalue weighted by atomic mass is 32.1. The third-order valence-corrected chi connectivity index (χ3v) is 4.55. The van der Waals surface area contributed by atoms with Gasteiger partial charge in [0.25, 0.3) is 0 Å². The molecule has 0 aliphatic heterocycles. The Morgan fingerprint density at radius 2 is 2.04 bits per heavy atom. The first-order chi connectivity index (χ1) is 12.7. The summed E-state index contributed by atoms with van der Waals surface area (Å²) in [7, 11) is 1.67. The van der Waals surface area contributed by atoms with Gasteiger partial charge in [-0.15, -0.1) is 11.3 Å². The maximum Gasteiger partial charge on any atom is 0.191 e. The van der Waals surface area contributed by atoms with Gasteiger partial charge in [-0.2, -0.15) is 0 Å². The van der Waals surface area contributed by atoms with Crippen molar-refractivity contribution in [1.82, 2.24) is 15.6 Å². The molecule has 26 heavy (non-hydrogen) atoms. The highest BCUT2D eigenvalue weighted by molar-refractivity contribution is 7.11. The van der Waals surface area contributed by atoms with E-state index in [2.05, 4.69) is 20.6 Å². The molecule has 7 heteroatoms. The fraction of sp³-hybridized carbons (Fsp3) is 0.474. The largest absolute Gasteiger partial charge is 0.497 e. The first-order valence-corrected chi connectivity index (χ1v) is 9.67. The van der Waals surface area contributed by atoms with Crippen LogP contribution in [0.25, 0.3) is 0 Å². The van der Waals surface area contributed by atoms with Crippen molar-refractivity contribution in [3.63, 3.8) is 0 Å². The Morgan fingerprint density at radius 1 is 1.23 bits per heavy atom. The van der Waals surface area contributed by atoms with E-state index in [-0.39, 0.29) is 0 Å². The summed E-state index contributed by atoms with van der Waals surface area (Å²) in [5, 5.41) is 7.82. The molecule has 2 N–H and O–H groups in total. The Labute approximate surface area is 159 Å². The summed E-state index contributed by atoms with van der Waals surface area (Å²) >= 11 is 1.69. The molecule has 0 atom stereocenters. The maximum absolute atomic E-state index is 5.38. The van der Waals surface area contributed by atoms with Gasteiger partial charge >= 0.3 is 0 Å². The van der Waals surface area contributed by atoms with Crippen molar-refractivity contribution in [2.24, 2.45) is 4.99 Å². The van der Waals surface area contributed by atoms with E-state index in [1.807, 2.05) is 44.3 Å². The number of guanidine groups is 1. The molecule has 0 unspecified atom stereocenters. The highest BCUT2D eigenvalue weighted by Gasteiger charge is 2.02. The number of nitrogens with zero attached hydrogens (tertiary/aromatic N) is 2. The molecular weight excluding hydrogens is 348 g/mol. The second-order valence-corrected chi connectivity index (χ2v) is 7.01. The lowest BCUT2D eigenvalue weighted by Crippen LogP contribution is -2.37. The van der Waals surface area contributed by atoms with Crippen LogP contribution in [0.5, 0.6) is 5.75 Å². The summed E-state index contributed by atoms with van der Waals surface area (Å²) < 4.78 is 10.6. The Morgan fingerprint density at radius 3 is 2.69 bits per heavy atom. The zero-order valence-electron chi connectivity index (χ0n) is 15.7. The van der Waals surface area contributed by atoms with Crippen LogP contribution in [0.4, 0.5) is 0 Å². The first kappa shape index (κ1) is 20.2. The van der Waals surface area contributed by atoms with Gasteiger partial charge in [0.05, 0.1) is 25.2 Å². The third kappa shape index (κ3) is 7.41. The molecule has 0 saturated carbocycles. The molecule has 142 valence electrons. The molecule has 0 aliphatic rings. The molecule has 0 radical (unpaired) electrons. The zero-order valence-corrected chi connectivity index (χ0v) is 16.6. The van der Waals surface area contributed by atoms with E-state index in [9.17, 15) is 0 Å². The van der Waals surface area contributed by atoms with Gasteiger partial charge < -0.3 is 20.1 Å². The second-order valence-electron chi connectivity index (χ2n) is 5.69. The van der Waals surface area contributed by atoms with E-state index in [1.54, 1.807) is 18.4 Å². The molecule has 0 spiro atoms. The van der Waals surface area contributed by atoms with Crippen LogP contribution in [0.2, 0.25) is 0 Å². The van der Waals surface area contributed by atoms with E-state index in [1.165, 1.54) is 4.88 Å². The summed E-state index contributed by atoms with van der Waals surface area (Å²) in [6.45, 7) is 7.66. The maximum atomic E-state index is 5.38. The standard InChI is InChI=1S/C19H28N4O2S/c1-4-25-11-5-10-20-19(23-14-18-13-21-15(2)26-18)22-12-16-6-8-17(24-3)9-7-16/h6-9,13H,4-5,10-12,14H2,1-3H3,(H2,20,22,23). The SMILES string of the molecule is CCOCCCNC(=NCc1ccc(OC)cc1)NCc1cnc(C)s1. The quantitative estimate of drug-likeness (QED) is 0.379. The van der Waals surface area contributed by atoms with Crippen molar-refractivity contribution in [2.45, 2.75) is 33.4 Å². The number of thiazole rings is 1. The molecule has 0 bridgehead atoms. The van der Waals surface area contributed by atoms with Gasteiger partial charge in [-0.1, -0.05) is 12.1 Å². The summed E-state index contributed by atoms with van der Waals surface area (Å²) in [6, 6.07) is 7.96. The van der Waals surface area contributed by atoms with E-state index in [4.69, 9.17) is 9.47 Å². The van der Waals surface area contributed by atoms with Crippen LogP contribution in [-0.4, -0.2) is 37.8 Å². The lowest BCUT2D eigenvalue weighted by Gasteiger charge is -2.12. The molecule has 0 amide bonds. The minimum atomic E-state index is 0.604. The van der Waals surface area contributed by atoms with Crippen LogP contribution in [0.3, 0.4) is 0 Å². The van der Waals surface area contributed by atoms with Crippen LogP contribution in [0.1, 0.15) is 28.8 Å². The van der Waals surface area contributed by atoms with Crippen molar-refractivity contribution in [3.05, 3.63) is 45.9 Å². The van der Waals surface area contributed by atoms with Crippen molar-refractivity contribution in [2.75, 3.05) is 26.9 Å². The van der Waals surface area contributed by atoms with Gasteiger partial charge in [0, 0.05) is 30.8 Å². The van der Waals surface area contributed by atoms with Crippen LogP contribution in [0.15, 0.2) is 35.5 Å². The lowest BCUT2D eigenvalue weighted by molar-refractivity contribution is 0.145. The number of rotatable bonds is 10. The molecule has 2 aromatic rings. The predicted octanol–water partition coefficient (Wildman–Crippen LogP) is 3.12. The summed E-state index contributed by atoms with van der Waals surface area (Å²) in [5.74, 6) is 1.65. The molecule has 1 aromatic heterocycles. The number of aliphatic imine (C=N–C) groups is 1. The topological polar surface area (TPSA) is 67.8 Å². The average Bonchev–Trinajstić information content (AvgIpc) is 3.08. The van der Waals surface area contributed by atoms with Gasteiger partial charge in [0.15, 0.2) is 5.96 Å². The van der Waals surface area contributed by atoms with Gasteiger partial charge in [-0.25, -0.2) is 9.98 Å². The number of nitrogens with one attached hydrogen (secondary N) is 2. The van der Waals surface area contributed by atoms with Crippen molar-refractivity contribution in [1.29, 1.82) is 0 Å². The molecule has 0 aliphatic carbocycles. The molecule has 2 rings (SSSR count). The monoisotopic (exact) mass is 376 g/mol. The third-order valence-electron chi connectivity index (χ3n) is 3.64. The zero-order chi connectivity index (χ0) is 18.6. The molecular formula is C19H28N4O2S. The van der Waals surface area contributed by atoms with Gasteiger partial charge in [0.1, 0.15) is 5.75 Å². The lowest BCUT2D eigenvalue weighted by atomic mass is 10.2. The minimum absolute atomic E-state index is 0.604. The van der Waals surface area contributed by atoms with E-state index in [0.29, 0.717) is 13.1 Å². The van der Waals surface area contributed by atoms with Crippen LogP contribution in [-0.2, 0) is 17.8 Å². The first-order valence-electron chi connectivity index (χ1n) is 8.85. The predicted molar refractivity (Wildman–Crippen MR) is 107 cm³/mol. The Kier molecular flexibility index (Phi) is 8.92. The number of aryl methyl sites for hydroxylation is 1. The average molecular weight is 377 g/mol. The molecule has 6 nitrogen and oxygen atoms in total. The fourth-order valence-corrected chi connectivity index (χ4v) is 2.99. The second kappa shape index (κ2) is 11.5. The van der Waals surface area contributed by atoms with Crippen LogP contribution >= 0.6 is 11.3 Å². The van der Waals surface area contributed by atoms with Gasteiger partial charge in [-0.05, 0) is 38.0 Å². The Hall–Kier alpha value is -2.12. The summed E-state index contributed by atoms with van der Waals surface area (Å²) in [6.07, 6.45) is 2.85. The van der Waals surface area contributed by atoms with Crippen molar-refractivity contribution < 1.29 is 9.47 Å². The van der Waals surface area contributed by atoms with Gasteiger partial charge in [-0.3, -0.25) is 0 Å². The number of benzene rings is 1. The number of ether oxygens (including phenoxy) is 2. The molecule has 0 fully saturated rings. The number of hydrogen-bond donors (Lipinski definition) is 2. The van der Waals surface area contributed by atoms with Crippen molar-refractivity contribution in [3.8, 4) is 5.75 Å². The normalized spacial score (nSPS) is 11.4. The fourth-order valence-electron chi connectivity index (χ4n) is 2.26. The number of aromatic nitrogens is 1. The van der Waals surface area contributed by atoms with Crippen LogP contribution in [0, 0.1) is 6.92 Å². The van der Waals surface area contributed by atoms with E-state index >= 15 is 0 Å². The van der Waals surface area contributed by atoms with Gasteiger partial charge in [0.2, 0.25) is 0 Å². The highest BCUT2D eigenvalue weighted by Crippen LogP contribution is 2.12. The summed E-state index contributed by atoms with van der Waals surface area (Å²) in [4.78, 5) is 10.2.